The highest BCUT2D eigenvalue weighted by Crippen LogP contribution is 2.16. The van der Waals surface area contributed by atoms with Crippen LogP contribution in [0.25, 0.3) is 0 Å². The Kier molecular flexibility index (Phi) is 10.9. The standard InChI is InChI=1S/C17H26BrFN4O.HI/c1-3-20-17(21-11-13(2)23-6-8-24-9-7-23)22-12-14-4-5-15(18)16(19)10-14;/h4-5,10,13H,3,6-9,11-12H2,1-2H3,(H2,20,21,22);1H. The van der Waals surface area contributed by atoms with Gasteiger partial charge in [-0.05, 0) is 47.5 Å². The van der Waals surface area contributed by atoms with Crippen LogP contribution in [-0.4, -0.2) is 56.3 Å². The molecule has 5 nitrogen and oxygen atoms in total. The first-order valence-corrected chi connectivity index (χ1v) is 9.17. The summed E-state index contributed by atoms with van der Waals surface area (Å²) in [6.45, 7) is 9.79. The number of aliphatic imine (C=N–C) groups is 1. The third-order valence-corrected chi connectivity index (χ3v) is 4.63. The van der Waals surface area contributed by atoms with Crippen molar-refractivity contribution < 1.29 is 9.13 Å². The second-order valence-corrected chi connectivity index (χ2v) is 6.68. The fraction of sp³-hybridized carbons (Fsp3) is 0.588. The van der Waals surface area contributed by atoms with Gasteiger partial charge in [0.2, 0.25) is 0 Å². The predicted octanol–water partition coefficient (Wildman–Crippen LogP) is 2.98. The Balaban J connectivity index is 0.00000312. The van der Waals surface area contributed by atoms with Gasteiger partial charge >= 0.3 is 0 Å². The minimum atomic E-state index is -0.262. The summed E-state index contributed by atoms with van der Waals surface area (Å²) < 4.78 is 19.4. The van der Waals surface area contributed by atoms with Crippen molar-refractivity contribution in [1.29, 1.82) is 0 Å². The molecule has 1 aliphatic rings. The number of halogens is 3. The fourth-order valence-corrected chi connectivity index (χ4v) is 2.79. The average Bonchev–Trinajstić information content (AvgIpc) is 2.60. The molecule has 1 aromatic rings. The quantitative estimate of drug-likeness (QED) is 0.338. The maximum Gasteiger partial charge on any atom is 0.191 e. The van der Waals surface area contributed by atoms with E-state index >= 15 is 0 Å². The molecule has 0 radical (unpaired) electrons. The molecular formula is C17H27BrFIN4O. The van der Waals surface area contributed by atoms with Crippen LogP contribution in [-0.2, 0) is 11.3 Å². The lowest BCUT2D eigenvalue weighted by molar-refractivity contribution is 0.0211. The third-order valence-electron chi connectivity index (χ3n) is 3.98. The van der Waals surface area contributed by atoms with Crippen LogP contribution in [0.4, 0.5) is 4.39 Å². The molecule has 0 amide bonds. The molecule has 0 aliphatic carbocycles. The number of guanidine groups is 1. The highest BCUT2D eigenvalue weighted by atomic mass is 127. The maximum atomic E-state index is 13.6. The lowest BCUT2D eigenvalue weighted by Gasteiger charge is -2.32. The number of benzene rings is 1. The number of rotatable bonds is 6. The van der Waals surface area contributed by atoms with Gasteiger partial charge in [-0.2, -0.15) is 0 Å². The van der Waals surface area contributed by atoms with Gasteiger partial charge in [0.1, 0.15) is 5.82 Å². The number of ether oxygens (including phenoxy) is 1. The summed E-state index contributed by atoms with van der Waals surface area (Å²) in [5.74, 6) is 0.488. The molecule has 1 saturated heterocycles. The van der Waals surface area contributed by atoms with Gasteiger partial charge in [-0.1, -0.05) is 6.07 Å². The molecule has 0 saturated carbocycles. The van der Waals surface area contributed by atoms with Gasteiger partial charge in [-0.25, -0.2) is 9.38 Å². The molecule has 8 heteroatoms. The SMILES string of the molecule is CCNC(=NCc1ccc(Br)c(F)c1)NCC(C)N1CCOCC1.I. The van der Waals surface area contributed by atoms with Crippen LogP contribution >= 0.6 is 39.9 Å². The van der Waals surface area contributed by atoms with E-state index in [0.717, 1.165) is 50.9 Å². The minimum absolute atomic E-state index is 0. The number of hydrogen-bond donors (Lipinski definition) is 2. The Morgan fingerprint density at radius 3 is 2.72 bits per heavy atom. The van der Waals surface area contributed by atoms with E-state index in [0.29, 0.717) is 17.1 Å². The summed E-state index contributed by atoms with van der Waals surface area (Å²) in [6, 6.07) is 5.49. The van der Waals surface area contributed by atoms with Gasteiger partial charge in [0.25, 0.3) is 0 Å². The normalized spacial score (nSPS) is 16.9. The summed E-state index contributed by atoms with van der Waals surface area (Å²) in [5.41, 5.74) is 0.842. The van der Waals surface area contributed by atoms with E-state index in [2.05, 4.69) is 43.4 Å². The largest absolute Gasteiger partial charge is 0.379 e. The van der Waals surface area contributed by atoms with Crippen LogP contribution < -0.4 is 10.6 Å². The van der Waals surface area contributed by atoms with Gasteiger partial charge in [-0.15, -0.1) is 24.0 Å². The van der Waals surface area contributed by atoms with Crippen molar-refractivity contribution in [2.45, 2.75) is 26.4 Å². The van der Waals surface area contributed by atoms with Crippen LogP contribution in [0.15, 0.2) is 27.7 Å². The van der Waals surface area contributed by atoms with Crippen LogP contribution in [0.1, 0.15) is 19.4 Å². The van der Waals surface area contributed by atoms with E-state index in [4.69, 9.17) is 4.74 Å². The Hall–Kier alpha value is -0.450. The molecule has 1 heterocycles. The van der Waals surface area contributed by atoms with Crippen molar-refractivity contribution in [3.8, 4) is 0 Å². The van der Waals surface area contributed by atoms with Crippen LogP contribution in [0, 0.1) is 5.82 Å². The molecular weight excluding hydrogens is 502 g/mol. The first-order chi connectivity index (χ1) is 11.6. The lowest BCUT2D eigenvalue weighted by Crippen LogP contribution is -2.49. The first kappa shape index (κ1) is 22.6. The average molecular weight is 529 g/mol. The molecule has 2 N–H and O–H groups in total. The Morgan fingerprint density at radius 1 is 1.36 bits per heavy atom. The zero-order valence-electron chi connectivity index (χ0n) is 14.7. The Morgan fingerprint density at radius 2 is 2.08 bits per heavy atom. The van der Waals surface area contributed by atoms with Gasteiger partial charge in [0, 0.05) is 32.2 Å². The molecule has 0 aromatic heterocycles. The highest BCUT2D eigenvalue weighted by molar-refractivity contribution is 14.0. The molecule has 0 spiro atoms. The van der Waals surface area contributed by atoms with Crippen molar-refractivity contribution in [3.05, 3.63) is 34.1 Å². The monoisotopic (exact) mass is 528 g/mol. The summed E-state index contributed by atoms with van der Waals surface area (Å²) in [7, 11) is 0. The van der Waals surface area contributed by atoms with E-state index in [9.17, 15) is 4.39 Å². The minimum Gasteiger partial charge on any atom is -0.379 e. The van der Waals surface area contributed by atoms with Crippen molar-refractivity contribution in [2.75, 3.05) is 39.4 Å². The number of nitrogens with zero attached hydrogens (tertiary/aromatic N) is 2. The van der Waals surface area contributed by atoms with E-state index in [1.807, 2.05) is 13.0 Å². The van der Waals surface area contributed by atoms with Gasteiger partial charge in [0.15, 0.2) is 5.96 Å². The summed E-state index contributed by atoms with van der Waals surface area (Å²) in [5, 5.41) is 6.60. The van der Waals surface area contributed by atoms with Crippen molar-refractivity contribution in [2.24, 2.45) is 4.99 Å². The molecule has 1 atom stereocenters. The lowest BCUT2D eigenvalue weighted by atomic mass is 10.2. The predicted molar refractivity (Wildman–Crippen MR) is 114 cm³/mol. The van der Waals surface area contributed by atoms with Crippen LogP contribution in [0.5, 0.6) is 0 Å². The van der Waals surface area contributed by atoms with E-state index in [1.165, 1.54) is 6.07 Å². The van der Waals surface area contributed by atoms with Gasteiger partial charge < -0.3 is 15.4 Å². The fourth-order valence-electron chi connectivity index (χ4n) is 2.54. The van der Waals surface area contributed by atoms with Gasteiger partial charge in [-0.3, -0.25) is 4.90 Å². The molecule has 1 unspecified atom stereocenters. The van der Waals surface area contributed by atoms with Gasteiger partial charge in [0.05, 0.1) is 24.2 Å². The number of nitrogens with one attached hydrogen (secondary N) is 2. The molecule has 1 aliphatic heterocycles. The summed E-state index contributed by atoms with van der Waals surface area (Å²) >= 11 is 3.16. The Bertz CT molecular complexity index is 555. The zero-order valence-corrected chi connectivity index (χ0v) is 18.6. The smallest absolute Gasteiger partial charge is 0.191 e. The van der Waals surface area contributed by atoms with E-state index in [1.54, 1.807) is 6.07 Å². The first-order valence-electron chi connectivity index (χ1n) is 8.38. The number of hydrogen-bond acceptors (Lipinski definition) is 3. The molecule has 142 valence electrons. The van der Waals surface area contributed by atoms with Crippen LogP contribution in [0.3, 0.4) is 0 Å². The van der Waals surface area contributed by atoms with E-state index < -0.39 is 0 Å². The van der Waals surface area contributed by atoms with Crippen molar-refractivity contribution in [1.82, 2.24) is 15.5 Å². The molecule has 0 bridgehead atoms. The number of morpholine rings is 1. The second-order valence-electron chi connectivity index (χ2n) is 5.82. The molecule has 25 heavy (non-hydrogen) atoms. The topological polar surface area (TPSA) is 48.9 Å². The molecule has 1 aromatic carbocycles. The van der Waals surface area contributed by atoms with Crippen LogP contribution in [0.2, 0.25) is 0 Å². The third kappa shape index (κ3) is 7.76. The van der Waals surface area contributed by atoms with E-state index in [-0.39, 0.29) is 29.8 Å². The van der Waals surface area contributed by atoms with Crippen molar-refractivity contribution >= 4 is 45.9 Å². The molecule has 2 rings (SSSR count). The highest BCUT2D eigenvalue weighted by Gasteiger charge is 2.16. The zero-order chi connectivity index (χ0) is 17.4. The summed E-state index contributed by atoms with van der Waals surface area (Å²) in [6.07, 6.45) is 0. The Labute approximate surface area is 174 Å². The maximum absolute atomic E-state index is 13.6. The van der Waals surface area contributed by atoms with Crippen molar-refractivity contribution in [3.63, 3.8) is 0 Å². The second kappa shape index (κ2) is 12.0. The summed E-state index contributed by atoms with van der Waals surface area (Å²) in [4.78, 5) is 6.95. The molecule has 1 fully saturated rings.